The lowest BCUT2D eigenvalue weighted by Gasteiger charge is -2.17. The highest BCUT2D eigenvalue weighted by Crippen LogP contribution is 2.35. The van der Waals surface area contributed by atoms with E-state index < -0.39 is 6.09 Å². The van der Waals surface area contributed by atoms with Crippen LogP contribution < -0.4 is 11.2 Å². The number of nitrogens with one attached hydrogen (secondary N) is 1. The van der Waals surface area contributed by atoms with Gasteiger partial charge < -0.3 is 10.5 Å². The van der Waals surface area contributed by atoms with Gasteiger partial charge in [-0.1, -0.05) is 54.6 Å². The summed E-state index contributed by atoms with van der Waals surface area (Å²) in [5, 5.41) is 7.52. The fourth-order valence-corrected chi connectivity index (χ4v) is 4.12. The molecule has 0 saturated heterocycles. The molecule has 0 aliphatic heterocycles. The van der Waals surface area contributed by atoms with Gasteiger partial charge >= 0.3 is 6.09 Å². The summed E-state index contributed by atoms with van der Waals surface area (Å²) in [5.41, 5.74) is 11.3. The number of nitrogen functional groups attached to an aromatic ring is 1. The van der Waals surface area contributed by atoms with E-state index in [0.29, 0.717) is 12.2 Å². The molecular weight excluding hydrogens is 414 g/mol. The zero-order valence-electron chi connectivity index (χ0n) is 18.4. The lowest BCUT2D eigenvalue weighted by Crippen LogP contribution is -2.32. The summed E-state index contributed by atoms with van der Waals surface area (Å²) in [7, 11) is 1.63. The van der Waals surface area contributed by atoms with Crippen molar-refractivity contribution in [1.82, 2.24) is 10.4 Å². The van der Waals surface area contributed by atoms with Crippen molar-refractivity contribution in [3.8, 4) is 0 Å². The zero-order chi connectivity index (χ0) is 22.8. The molecule has 0 atom stereocenters. The number of carbonyl (C=O) groups excluding carboxylic acids is 1. The normalized spacial score (nSPS) is 11.4. The van der Waals surface area contributed by atoms with Crippen molar-refractivity contribution >= 4 is 44.1 Å². The van der Waals surface area contributed by atoms with Crippen molar-refractivity contribution in [3.05, 3.63) is 90.0 Å². The van der Waals surface area contributed by atoms with Crippen LogP contribution in [-0.4, -0.2) is 24.8 Å². The molecule has 0 aliphatic carbocycles. The predicted molar refractivity (Wildman–Crippen MR) is 132 cm³/mol. The fourth-order valence-electron chi connectivity index (χ4n) is 4.12. The van der Waals surface area contributed by atoms with E-state index in [9.17, 15) is 4.79 Å². The molecule has 0 aliphatic rings. The number of nitrogens with zero attached hydrogens (tertiary/aromatic N) is 1. The second kappa shape index (κ2) is 8.94. The zero-order valence-corrected chi connectivity index (χ0v) is 18.4. The third kappa shape index (κ3) is 4.39. The van der Waals surface area contributed by atoms with Gasteiger partial charge in [-0.25, -0.2) is 4.79 Å². The molecule has 0 fully saturated rings. The first-order valence-electron chi connectivity index (χ1n) is 10.8. The quantitative estimate of drug-likeness (QED) is 0.117. The van der Waals surface area contributed by atoms with Gasteiger partial charge in [0, 0.05) is 19.3 Å². The van der Waals surface area contributed by atoms with Crippen molar-refractivity contribution in [2.45, 2.75) is 13.2 Å². The molecule has 0 bridgehead atoms. The Bertz CT molecular complexity index is 1350. The van der Waals surface area contributed by atoms with E-state index in [2.05, 4.69) is 60.1 Å². The van der Waals surface area contributed by atoms with Crippen LogP contribution in [0.5, 0.6) is 0 Å². The fraction of sp³-hybridized carbons (Fsp3) is 0.148. The largest absolute Gasteiger partial charge is 0.444 e. The average molecular weight is 440 g/mol. The maximum absolute atomic E-state index is 12.2. The van der Waals surface area contributed by atoms with Crippen molar-refractivity contribution in [1.29, 1.82) is 0 Å². The Morgan fingerprint density at radius 1 is 0.848 bits per heavy atom. The summed E-state index contributed by atoms with van der Waals surface area (Å²) in [6.07, 6.45) is -0.462. The number of hydroxylamine groups is 1. The Morgan fingerprint density at radius 3 is 2.12 bits per heavy atom. The van der Waals surface area contributed by atoms with Crippen LogP contribution >= 0.6 is 0 Å². The van der Waals surface area contributed by atoms with Crippen molar-refractivity contribution < 1.29 is 14.4 Å². The molecule has 0 unspecified atom stereocenters. The second-order valence-electron chi connectivity index (χ2n) is 8.22. The van der Waals surface area contributed by atoms with Gasteiger partial charge in [0.2, 0.25) is 0 Å². The molecule has 0 radical (unpaired) electrons. The lowest BCUT2D eigenvalue weighted by molar-refractivity contribution is -0.0271. The SMILES string of the molecule is CN(CONCc1cc2ccc3cccc4ccc(c1)c2c34)C(=O)OCc1ccc(N)cc1. The van der Waals surface area contributed by atoms with E-state index in [0.717, 1.165) is 11.1 Å². The van der Waals surface area contributed by atoms with Crippen LogP contribution in [0, 0.1) is 0 Å². The molecule has 5 aromatic carbocycles. The number of ether oxygens (including phenoxy) is 1. The van der Waals surface area contributed by atoms with E-state index in [4.69, 9.17) is 15.3 Å². The second-order valence-corrected chi connectivity index (χ2v) is 8.22. The van der Waals surface area contributed by atoms with E-state index in [1.54, 1.807) is 19.2 Å². The minimum absolute atomic E-state index is 0.0644. The van der Waals surface area contributed by atoms with Gasteiger partial charge in [-0.05, 0) is 67.7 Å². The first-order valence-corrected chi connectivity index (χ1v) is 10.8. The number of benzene rings is 5. The summed E-state index contributed by atoms with van der Waals surface area (Å²) in [6.45, 7) is 0.764. The Hall–Kier alpha value is -3.87. The van der Waals surface area contributed by atoms with Crippen molar-refractivity contribution in [2.24, 2.45) is 0 Å². The number of hydrogen-bond donors (Lipinski definition) is 2. The molecule has 5 aromatic rings. The Morgan fingerprint density at radius 2 is 1.45 bits per heavy atom. The van der Waals surface area contributed by atoms with Gasteiger partial charge in [-0.3, -0.25) is 9.74 Å². The molecule has 5 rings (SSSR count). The van der Waals surface area contributed by atoms with Gasteiger partial charge in [-0.15, -0.1) is 0 Å². The molecule has 1 amide bonds. The number of amides is 1. The third-order valence-electron chi connectivity index (χ3n) is 5.81. The Kier molecular flexibility index (Phi) is 5.69. The number of anilines is 1. The predicted octanol–water partition coefficient (Wildman–Crippen LogP) is 5.41. The topological polar surface area (TPSA) is 76.8 Å². The number of nitrogens with two attached hydrogens (primary N) is 1. The molecule has 0 heterocycles. The molecule has 0 saturated carbocycles. The highest BCUT2D eigenvalue weighted by molar-refractivity contribution is 6.23. The summed E-state index contributed by atoms with van der Waals surface area (Å²) < 4.78 is 5.29. The number of carbonyl (C=O) groups is 1. The van der Waals surface area contributed by atoms with E-state index >= 15 is 0 Å². The number of rotatable bonds is 7. The maximum Gasteiger partial charge on any atom is 0.411 e. The minimum Gasteiger partial charge on any atom is -0.444 e. The van der Waals surface area contributed by atoms with Crippen LogP contribution in [0.4, 0.5) is 10.5 Å². The lowest BCUT2D eigenvalue weighted by atomic mass is 9.93. The first kappa shape index (κ1) is 21.0. The van der Waals surface area contributed by atoms with Gasteiger partial charge in [0.1, 0.15) is 13.3 Å². The van der Waals surface area contributed by atoms with Crippen LogP contribution in [0.1, 0.15) is 11.1 Å². The van der Waals surface area contributed by atoms with E-state index in [1.807, 2.05) is 12.1 Å². The van der Waals surface area contributed by atoms with E-state index in [-0.39, 0.29) is 13.3 Å². The molecular formula is C27H25N3O3. The molecule has 0 spiro atoms. The first-order chi connectivity index (χ1) is 16.1. The highest BCUT2D eigenvalue weighted by atomic mass is 16.7. The summed E-state index contributed by atoms with van der Waals surface area (Å²) >= 11 is 0. The van der Waals surface area contributed by atoms with Crippen LogP contribution in [0.3, 0.4) is 0 Å². The Labute approximate surface area is 191 Å². The third-order valence-corrected chi connectivity index (χ3v) is 5.81. The van der Waals surface area contributed by atoms with Crippen LogP contribution in [0.15, 0.2) is 78.9 Å². The molecule has 6 heteroatoms. The summed E-state index contributed by atoms with van der Waals surface area (Å²) in [5.74, 6) is 0. The maximum atomic E-state index is 12.2. The van der Waals surface area contributed by atoms with Gasteiger partial charge in [0.25, 0.3) is 0 Å². The molecule has 3 N–H and O–H groups in total. The molecule has 0 aromatic heterocycles. The monoisotopic (exact) mass is 439 g/mol. The standard InChI is InChI=1S/C27H25N3O3/c1-30(27(31)32-16-18-5-11-24(28)12-6-18)17-33-29-15-19-13-22-9-7-20-3-2-4-21-8-10-23(14-19)26(22)25(20)21/h2-14,29H,15-17,28H2,1H3. The van der Waals surface area contributed by atoms with Gasteiger partial charge in [-0.2, -0.15) is 5.48 Å². The molecule has 166 valence electrons. The minimum atomic E-state index is -0.462. The van der Waals surface area contributed by atoms with Gasteiger partial charge in [0.05, 0.1) is 0 Å². The molecule has 33 heavy (non-hydrogen) atoms. The molecule has 6 nitrogen and oxygen atoms in total. The summed E-state index contributed by atoms with van der Waals surface area (Å²) in [6, 6.07) is 26.6. The number of hydrogen-bond acceptors (Lipinski definition) is 5. The van der Waals surface area contributed by atoms with Gasteiger partial charge in [0.15, 0.2) is 0 Å². The summed E-state index contributed by atoms with van der Waals surface area (Å²) in [4.78, 5) is 19.0. The van der Waals surface area contributed by atoms with Crippen LogP contribution in [0.2, 0.25) is 0 Å². The highest BCUT2D eigenvalue weighted by Gasteiger charge is 2.11. The smallest absolute Gasteiger partial charge is 0.411 e. The van der Waals surface area contributed by atoms with Crippen molar-refractivity contribution in [2.75, 3.05) is 19.5 Å². The van der Waals surface area contributed by atoms with Crippen LogP contribution in [-0.2, 0) is 22.7 Å². The van der Waals surface area contributed by atoms with Crippen LogP contribution in [0.25, 0.3) is 32.3 Å². The Balaban J connectivity index is 1.17. The van der Waals surface area contributed by atoms with E-state index in [1.165, 1.54) is 37.2 Å². The van der Waals surface area contributed by atoms with Crippen molar-refractivity contribution in [3.63, 3.8) is 0 Å². The average Bonchev–Trinajstić information content (AvgIpc) is 2.84.